The molecule has 0 heterocycles. The number of carbonyl (C=O) groups excluding carboxylic acids is 1. The fraction of sp³-hybridized carbons (Fsp3) is 0.500. The number of hydrogen-bond acceptors (Lipinski definition) is 3. The van der Waals surface area contributed by atoms with Gasteiger partial charge in [0, 0.05) is 6.54 Å². The summed E-state index contributed by atoms with van der Waals surface area (Å²) in [5.74, 6) is 0.514. The highest BCUT2D eigenvalue weighted by atomic mass is 16.5. The first-order valence-corrected chi connectivity index (χ1v) is 6.22. The summed E-state index contributed by atoms with van der Waals surface area (Å²) in [5, 5.41) is 3.12. The summed E-state index contributed by atoms with van der Waals surface area (Å²) in [4.78, 5) is 11.2. The van der Waals surface area contributed by atoms with E-state index in [4.69, 9.17) is 10.5 Å². The lowest BCUT2D eigenvalue weighted by molar-refractivity contribution is -0.123. The molecular weight excluding hydrogens is 228 g/mol. The molecule has 0 unspecified atom stereocenters. The molecule has 0 atom stereocenters. The summed E-state index contributed by atoms with van der Waals surface area (Å²) in [5.41, 5.74) is 5.69. The average molecular weight is 250 g/mol. The number of hydrogen-bond donors (Lipinski definition) is 2. The standard InChI is InChI=1S/C14H22N2O2/c1-4-9-18-12-7-5-11(6-8-12)10-16-14(2,3)13(15)17/h5-8,16H,4,9-10H2,1-3H3,(H2,15,17). The van der Waals surface area contributed by atoms with Crippen molar-refractivity contribution in [3.8, 4) is 5.75 Å². The van der Waals surface area contributed by atoms with Crippen molar-refractivity contribution >= 4 is 5.91 Å². The molecule has 4 nitrogen and oxygen atoms in total. The largest absolute Gasteiger partial charge is 0.494 e. The zero-order valence-electron chi connectivity index (χ0n) is 11.3. The van der Waals surface area contributed by atoms with Crippen molar-refractivity contribution in [2.75, 3.05) is 6.61 Å². The van der Waals surface area contributed by atoms with Gasteiger partial charge in [-0.2, -0.15) is 0 Å². The van der Waals surface area contributed by atoms with E-state index in [1.165, 1.54) is 0 Å². The number of nitrogens with one attached hydrogen (secondary N) is 1. The lowest BCUT2D eigenvalue weighted by Gasteiger charge is -2.22. The van der Waals surface area contributed by atoms with E-state index in [-0.39, 0.29) is 5.91 Å². The maximum Gasteiger partial charge on any atom is 0.237 e. The molecule has 0 aliphatic carbocycles. The fourth-order valence-electron chi connectivity index (χ4n) is 1.33. The molecule has 0 aliphatic heterocycles. The summed E-state index contributed by atoms with van der Waals surface area (Å²) in [6.07, 6.45) is 0.996. The van der Waals surface area contributed by atoms with Crippen LogP contribution in [-0.2, 0) is 11.3 Å². The molecule has 1 rings (SSSR count). The van der Waals surface area contributed by atoms with Crippen molar-refractivity contribution in [3.05, 3.63) is 29.8 Å². The number of ether oxygens (including phenoxy) is 1. The Morgan fingerprint density at radius 3 is 2.44 bits per heavy atom. The van der Waals surface area contributed by atoms with Gasteiger partial charge < -0.3 is 10.5 Å². The van der Waals surface area contributed by atoms with Crippen LogP contribution >= 0.6 is 0 Å². The average Bonchev–Trinajstić information content (AvgIpc) is 2.35. The van der Waals surface area contributed by atoms with Crippen LogP contribution < -0.4 is 15.8 Å². The Kier molecular flexibility index (Phi) is 5.16. The molecule has 4 heteroatoms. The number of benzene rings is 1. The molecule has 0 fully saturated rings. The lowest BCUT2D eigenvalue weighted by atomic mass is 10.0. The molecule has 0 bridgehead atoms. The van der Waals surface area contributed by atoms with Gasteiger partial charge in [0.2, 0.25) is 5.91 Å². The van der Waals surface area contributed by atoms with E-state index in [1.807, 2.05) is 24.3 Å². The van der Waals surface area contributed by atoms with Gasteiger partial charge in [-0.3, -0.25) is 10.1 Å². The van der Waals surface area contributed by atoms with Crippen molar-refractivity contribution in [2.24, 2.45) is 5.73 Å². The Labute approximate surface area is 109 Å². The number of primary amides is 1. The number of rotatable bonds is 7. The Morgan fingerprint density at radius 1 is 1.33 bits per heavy atom. The molecule has 0 radical (unpaired) electrons. The van der Waals surface area contributed by atoms with Crippen molar-refractivity contribution in [1.29, 1.82) is 0 Å². The summed E-state index contributed by atoms with van der Waals surface area (Å²) >= 11 is 0. The fourth-order valence-corrected chi connectivity index (χ4v) is 1.33. The monoisotopic (exact) mass is 250 g/mol. The van der Waals surface area contributed by atoms with E-state index < -0.39 is 5.54 Å². The number of nitrogens with two attached hydrogens (primary N) is 1. The SMILES string of the molecule is CCCOc1ccc(CNC(C)(C)C(N)=O)cc1. The van der Waals surface area contributed by atoms with Crippen LogP contribution in [0.4, 0.5) is 0 Å². The van der Waals surface area contributed by atoms with Gasteiger partial charge >= 0.3 is 0 Å². The van der Waals surface area contributed by atoms with E-state index in [1.54, 1.807) is 13.8 Å². The maximum atomic E-state index is 11.2. The minimum Gasteiger partial charge on any atom is -0.494 e. The summed E-state index contributed by atoms with van der Waals surface area (Å²) in [6, 6.07) is 7.83. The smallest absolute Gasteiger partial charge is 0.237 e. The van der Waals surface area contributed by atoms with Crippen LogP contribution in [0.5, 0.6) is 5.75 Å². The second-order valence-electron chi connectivity index (χ2n) is 4.84. The Hall–Kier alpha value is -1.55. The van der Waals surface area contributed by atoms with Crippen molar-refractivity contribution < 1.29 is 9.53 Å². The number of amides is 1. The first-order valence-electron chi connectivity index (χ1n) is 6.22. The molecule has 0 aromatic heterocycles. The molecule has 1 amide bonds. The molecule has 0 aliphatic rings. The normalized spacial score (nSPS) is 11.3. The summed E-state index contributed by atoms with van der Waals surface area (Å²) < 4.78 is 5.50. The molecule has 100 valence electrons. The quantitative estimate of drug-likeness (QED) is 0.776. The first kappa shape index (κ1) is 14.5. The Morgan fingerprint density at radius 2 is 1.94 bits per heavy atom. The molecule has 0 saturated heterocycles. The van der Waals surface area contributed by atoms with Gasteiger partial charge in [0.1, 0.15) is 5.75 Å². The van der Waals surface area contributed by atoms with Gasteiger partial charge in [-0.05, 0) is 38.0 Å². The molecule has 0 spiro atoms. The van der Waals surface area contributed by atoms with Crippen LogP contribution in [0.15, 0.2) is 24.3 Å². The third-order valence-electron chi connectivity index (χ3n) is 2.75. The molecular formula is C14H22N2O2. The zero-order valence-corrected chi connectivity index (χ0v) is 11.3. The Bertz CT molecular complexity index is 385. The first-order chi connectivity index (χ1) is 8.45. The highest BCUT2D eigenvalue weighted by molar-refractivity contribution is 5.83. The van der Waals surface area contributed by atoms with Crippen molar-refractivity contribution in [1.82, 2.24) is 5.32 Å². The van der Waals surface area contributed by atoms with E-state index in [0.717, 1.165) is 24.3 Å². The van der Waals surface area contributed by atoms with Crippen LogP contribution in [0.3, 0.4) is 0 Å². The van der Waals surface area contributed by atoms with E-state index in [0.29, 0.717) is 6.54 Å². The van der Waals surface area contributed by atoms with Gasteiger partial charge in [0.25, 0.3) is 0 Å². The van der Waals surface area contributed by atoms with Gasteiger partial charge in [0.05, 0.1) is 12.1 Å². The highest BCUT2D eigenvalue weighted by Crippen LogP contribution is 2.13. The Balaban J connectivity index is 2.51. The lowest BCUT2D eigenvalue weighted by Crippen LogP contribution is -2.50. The second-order valence-corrected chi connectivity index (χ2v) is 4.84. The third kappa shape index (κ3) is 4.37. The van der Waals surface area contributed by atoms with Crippen LogP contribution in [0.1, 0.15) is 32.8 Å². The van der Waals surface area contributed by atoms with E-state index in [2.05, 4.69) is 12.2 Å². The van der Waals surface area contributed by atoms with Crippen molar-refractivity contribution in [2.45, 2.75) is 39.3 Å². The van der Waals surface area contributed by atoms with Crippen LogP contribution in [0, 0.1) is 0 Å². The minimum atomic E-state index is -0.697. The molecule has 1 aromatic carbocycles. The molecule has 18 heavy (non-hydrogen) atoms. The van der Waals surface area contributed by atoms with Gasteiger partial charge in [0.15, 0.2) is 0 Å². The summed E-state index contributed by atoms with van der Waals surface area (Å²) in [6.45, 7) is 6.95. The van der Waals surface area contributed by atoms with Gasteiger partial charge in [-0.15, -0.1) is 0 Å². The van der Waals surface area contributed by atoms with Crippen molar-refractivity contribution in [3.63, 3.8) is 0 Å². The highest BCUT2D eigenvalue weighted by Gasteiger charge is 2.23. The molecule has 3 N–H and O–H groups in total. The molecule has 1 aromatic rings. The topological polar surface area (TPSA) is 64.3 Å². The van der Waals surface area contributed by atoms with Crippen LogP contribution in [-0.4, -0.2) is 18.1 Å². The van der Waals surface area contributed by atoms with Gasteiger partial charge in [-0.25, -0.2) is 0 Å². The van der Waals surface area contributed by atoms with E-state index in [9.17, 15) is 4.79 Å². The van der Waals surface area contributed by atoms with Crippen LogP contribution in [0.25, 0.3) is 0 Å². The minimum absolute atomic E-state index is 0.356. The van der Waals surface area contributed by atoms with Crippen LogP contribution in [0.2, 0.25) is 0 Å². The zero-order chi connectivity index (χ0) is 13.6. The predicted octanol–water partition coefficient (Wildman–Crippen LogP) is 1.83. The van der Waals surface area contributed by atoms with E-state index >= 15 is 0 Å². The third-order valence-corrected chi connectivity index (χ3v) is 2.75. The number of carbonyl (C=O) groups is 1. The summed E-state index contributed by atoms with van der Waals surface area (Å²) in [7, 11) is 0. The predicted molar refractivity (Wildman–Crippen MR) is 72.3 cm³/mol. The maximum absolute atomic E-state index is 11.2. The van der Waals surface area contributed by atoms with Gasteiger partial charge in [-0.1, -0.05) is 19.1 Å². The second kappa shape index (κ2) is 6.40. The molecule has 0 saturated carbocycles.